The minimum absolute atomic E-state index is 0.152. The van der Waals surface area contributed by atoms with Gasteiger partial charge >= 0.3 is 0 Å². The second kappa shape index (κ2) is 2.59. The van der Waals surface area contributed by atoms with Crippen molar-refractivity contribution in [3.05, 3.63) is 16.2 Å². The molecule has 3 rings (SSSR count). The van der Waals surface area contributed by atoms with E-state index in [1.807, 2.05) is 0 Å². The highest BCUT2D eigenvalue weighted by Gasteiger charge is 2.28. The molecule has 1 aliphatic carbocycles. The number of rotatable bonds is 1. The van der Waals surface area contributed by atoms with Crippen LogP contribution in [0.15, 0.2) is 4.79 Å². The van der Waals surface area contributed by atoms with Gasteiger partial charge in [-0.05, 0) is 12.8 Å². The van der Waals surface area contributed by atoms with Gasteiger partial charge < -0.3 is 5.73 Å². The topological polar surface area (TPSA) is 89.6 Å². The molecule has 0 atom stereocenters. The van der Waals surface area contributed by atoms with E-state index in [0.717, 1.165) is 12.8 Å². The lowest BCUT2D eigenvalue weighted by molar-refractivity contribution is 0.750. The van der Waals surface area contributed by atoms with Crippen LogP contribution in [0.1, 0.15) is 24.6 Å². The molecule has 78 valence electrons. The molecule has 1 saturated carbocycles. The third-order valence-electron chi connectivity index (χ3n) is 2.68. The number of aromatic amines is 1. The largest absolute Gasteiger partial charge is 0.382 e. The van der Waals surface area contributed by atoms with Gasteiger partial charge in [0.15, 0.2) is 11.3 Å². The van der Waals surface area contributed by atoms with E-state index >= 15 is 0 Å². The van der Waals surface area contributed by atoms with Crippen LogP contribution in [0.2, 0.25) is 0 Å². The number of aryl methyl sites for hydroxylation is 1. The van der Waals surface area contributed by atoms with Crippen molar-refractivity contribution in [3.63, 3.8) is 0 Å². The number of nitrogen functional groups attached to an aromatic ring is 1. The number of hydrogen-bond donors (Lipinski definition) is 2. The van der Waals surface area contributed by atoms with Crippen molar-refractivity contribution in [1.29, 1.82) is 0 Å². The van der Waals surface area contributed by atoms with E-state index in [1.165, 1.54) is 4.68 Å². The number of nitrogens with zero attached hydrogens (tertiary/aromatic N) is 3. The van der Waals surface area contributed by atoms with Crippen LogP contribution < -0.4 is 11.3 Å². The summed E-state index contributed by atoms with van der Waals surface area (Å²) in [5.74, 6) is 1.47. The van der Waals surface area contributed by atoms with E-state index in [9.17, 15) is 4.79 Å². The maximum atomic E-state index is 11.7. The third kappa shape index (κ3) is 1.14. The molecule has 3 N–H and O–H groups in total. The SMILES string of the molecule is Cn1[nH]c2c(N)nc(C3CC3)nc2c1=O. The van der Waals surface area contributed by atoms with Crippen LogP contribution in [0.5, 0.6) is 0 Å². The smallest absolute Gasteiger partial charge is 0.292 e. The lowest BCUT2D eigenvalue weighted by Crippen LogP contribution is -2.12. The molecule has 0 unspecified atom stereocenters. The first kappa shape index (κ1) is 8.46. The van der Waals surface area contributed by atoms with E-state index in [-0.39, 0.29) is 5.56 Å². The molecule has 15 heavy (non-hydrogen) atoms. The Morgan fingerprint density at radius 3 is 2.87 bits per heavy atom. The molecule has 0 amide bonds. The molecule has 1 fully saturated rings. The van der Waals surface area contributed by atoms with Gasteiger partial charge in [0.1, 0.15) is 11.3 Å². The van der Waals surface area contributed by atoms with Crippen LogP contribution in [0.4, 0.5) is 5.82 Å². The van der Waals surface area contributed by atoms with Gasteiger partial charge in [-0.2, -0.15) is 0 Å². The molecule has 0 bridgehead atoms. The number of aromatic nitrogens is 4. The number of fused-ring (bicyclic) bond motifs is 1. The van der Waals surface area contributed by atoms with Crippen LogP contribution in [-0.2, 0) is 7.05 Å². The van der Waals surface area contributed by atoms with Gasteiger partial charge in [-0.3, -0.25) is 14.6 Å². The Labute approximate surface area is 85.1 Å². The summed E-state index contributed by atoms with van der Waals surface area (Å²) in [5.41, 5.74) is 6.55. The highest BCUT2D eigenvalue weighted by atomic mass is 16.1. The molecule has 0 aliphatic heterocycles. The zero-order valence-electron chi connectivity index (χ0n) is 8.32. The second-order valence-corrected chi connectivity index (χ2v) is 3.94. The van der Waals surface area contributed by atoms with Gasteiger partial charge in [0.05, 0.1) is 0 Å². The fourth-order valence-electron chi connectivity index (χ4n) is 1.66. The molecule has 0 spiro atoms. The van der Waals surface area contributed by atoms with Crippen molar-refractivity contribution in [1.82, 2.24) is 19.7 Å². The number of nitrogens with one attached hydrogen (secondary N) is 1. The third-order valence-corrected chi connectivity index (χ3v) is 2.68. The lowest BCUT2D eigenvalue weighted by atomic mass is 10.3. The molecule has 2 aromatic heterocycles. The maximum absolute atomic E-state index is 11.7. The molecule has 0 radical (unpaired) electrons. The predicted molar refractivity (Wildman–Crippen MR) is 55.5 cm³/mol. The van der Waals surface area contributed by atoms with Crippen molar-refractivity contribution in [2.75, 3.05) is 5.73 Å². The average Bonchev–Trinajstić information content (AvgIpc) is 2.99. The molecule has 0 saturated heterocycles. The van der Waals surface area contributed by atoms with Gasteiger partial charge in [0.2, 0.25) is 0 Å². The highest BCUT2D eigenvalue weighted by molar-refractivity contribution is 5.83. The van der Waals surface area contributed by atoms with Crippen LogP contribution in [0.3, 0.4) is 0 Å². The van der Waals surface area contributed by atoms with Gasteiger partial charge in [-0.15, -0.1) is 0 Å². The maximum Gasteiger partial charge on any atom is 0.292 e. The Bertz CT molecular complexity index is 592. The Hall–Kier alpha value is -1.85. The van der Waals surface area contributed by atoms with Crippen molar-refractivity contribution in [3.8, 4) is 0 Å². The monoisotopic (exact) mass is 205 g/mol. The first-order valence-electron chi connectivity index (χ1n) is 4.89. The zero-order valence-corrected chi connectivity index (χ0v) is 8.32. The molecule has 1 aliphatic rings. The van der Waals surface area contributed by atoms with Crippen LogP contribution in [-0.4, -0.2) is 19.7 Å². The van der Waals surface area contributed by atoms with Gasteiger partial charge in [0.25, 0.3) is 5.56 Å². The van der Waals surface area contributed by atoms with Crippen molar-refractivity contribution in [2.45, 2.75) is 18.8 Å². The van der Waals surface area contributed by atoms with E-state index in [2.05, 4.69) is 15.1 Å². The van der Waals surface area contributed by atoms with Crippen LogP contribution in [0, 0.1) is 0 Å². The summed E-state index contributed by atoms with van der Waals surface area (Å²) in [6.45, 7) is 0. The quantitative estimate of drug-likeness (QED) is 0.691. The minimum Gasteiger partial charge on any atom is -0.382 e. The minimum atomic E-state index is -0.152. The fraction of sp³-hybridized carbons (Fsp3) is 0.444. The molecular formula is C9H11N5O. The predicted octanol–water partition coefficient (Wildman–Crippen LogP) is 0.116. The Morgan fingerprint density at radius 1 is 1.47 bits per heavy atom. The number of anilines is 1. The summed E-state index contributed by atoms with van der Waals surface area (Å²) in [7, 11) is 1.64. The van der Waals surface area contributed by atoms with Crippen molar-refractivity contribution in [2.24, 2.45) is 7.05 Å². The van der Waals surface area contributed by atoms with Crippen LogP contribution in [0.25, 0.3) is 11.0 Å². The lowest BCUT2D eigenvalue weighted by Gasteiger charge is -1.98. The molecule has 6 nitrogen and oxygen atoms in total. The van der Waals surface area contributed by atoms with E-state index in [4.69, 9.17) is 5.73 Å². The first-order valence-corrected chi connectivity index (χ1v) is 4.89. The second-order valence-electron chi connectivity index (χ2n) is 3.94. The summed E-state index contributed by atoms with van der Waals surface area (Å²) < 4.78 is 1.37. The van der Waals surface area contributed by atoms with Gasteiger partial charge in [-0.1, -0.05) is 0 Å². The summed E-state index contributed by atoms with van der Waals surface area (Å²) in [5, 5.41) is 2.84. The van der Waals surface area contributed by atoms with Crippen LogP contribution >= 0.6 is 0 Å². The summed E-state index contributed by atoms with van der Waals surface area (Å²) >= 11 is 0. The van der Waals surface area contributed by atoms with Gasteiger partial charge in [0, 0.05) is 13.0 Å². The normalized spacial score (nSPS) is 16.1. The molecule has 6 heteroatoms. The standard InChI is InChI=1S/C9H11N5O/c1-14-9(15)6-5(13-14)7(10)12-8(11-6)4-2-3-4/h4,13H,2-3H2,1H3,(H2,10,11,12). The molecular weight excluding hydrogens is 194 g/mol. The van der Waals surface area contributed by atoms with E-state index < -0.39 is 0 Å². The summed E-state index contributed by atoms with van der Waals surface area (Å²) in [6.07, 6.45) is 2.19. The Balaban J connectivity index is 2.37. The van der Waals surface area contributed by atoms with Crippen molar-refractivity contribution < 1.29 is 0 Å². The highest BCUT2D eigenvalue weighted by Crippen LogP contribution is 2.38. The number of hydrogen-bond acceptors (Lipinski definition) is 4. The number of nitrogens with two attached hydrogens (primary N) is 1. The Morgan fingerprint density at radius 2 is 2.20 bits per heavy atom. The Kier molecular flexibility index (Phi) is 1.46. The summed E-state index contributed by atoms with van der Waals surface area (Å²) in [6, 6.07) is 0. The molecule has 0 aromatic carbocycles. The molecule has 2 aromatic rings. The summed E-state index contributed by atoms with van der Waals surface area (Å²) in [4.78, 5) is 20.1. The molecule has 2 heterocycles. The average molecular weight is 205 g/mol. The zero-order chi connectivity index (χ0) is 10.6. The fourth-order valence-corrected chi connectivity index (χ4v) is 1.66. The number of H-pyrrole nitrogens is 1. The van der Waals surface area contributed by atoms with E-state index in [0.29, 0.717) is 28.6 Å². The first-order chi connectivity index (χ1) is 7.16. The van der Waals surface area contributed by atoms with Gasteiger partial charge in [-0.25, -0.2) is 9.97 Å². The van der Waals surface area contributed by atoms with E-state index in [1.54, 1.807) is 7.05 Å². The van der Waals surface area contributed by atoms with Crippen molar-refractivity contribution >= 4 is 16.9 Å².